The Hall–Kier alpha value is -3.31. The summed E-state index contributed by atoms with van der Waals surface area (Å²) in [6.45, 7) is 1.28. The number of benzene rings is 1. The number of methoxy groups -OCH3 is 1. The highest BCUT2D eigenvalue weighted by molar-refractivity contribution is 5.83. The van der Waals surface area contributed by atoms with E-state index in [4.69, 9.17) is 0 Å². The zero-order valence-corrected chi connectivity index (χ0v) is 16.1. The van der Waals surface area contributed by atoms with E-state index in [0.29, 0.717) is 12.1 Å². The van der Waals surface area contributed by atoms with Gasteiger partial charge in [-0.3, -0.25) is 4.98 Å². The summed E-state index contributed by atoms with van der Waals surface area (Å²) in [7, 11) is 1.08. The number of hydrogen-bond donors (Lipinski definition) is 2. The number of carbonyl (C=O) groups is 2. The van der Waals surface area contributed by atoms with Gasteiger partial charge in [0.05, 0.1) is 30.0 Å². The average molecular weight is 449 g/mol. The molecule has 6 nitrogen and oxygen atoms in total. The molecule has 0 fully saturated rings. The molecule has 1 heterocycles. The van der Waals surface area contributed by atoms with Crippen LogP contribution in [0.25, 0.3) is 0 Å². The van der Waals surface area contributed by atoms with E-state index in [9.17, 15) is 35.9 Å². The summed E-state index contributed by atoms with van der Waals surface area (Å²) in [4.78, 5) is 27.5. The highest BCUT2D eigenvalue weighted by atomic mass is 19.4. The van der Waals surface area contributed by atoms with Crippen LogP contribution in [0.15, 0.2) is 42.6 Å². The molecule has 0 bridgehead atoms. The topological polar surface area (TPSA) is 80.3 Å². The molecule has 2 atom stereocenters. The monoisotopic (exact) mass is 449 g/mol. The molecule has 0 spiro atoms. The Bertz CT molecular complexity index is 929. The van der Waals surface area contributed by atoms with Crippen molar-refractivity contribution in [2.45, 2.75) is 31.4 Å². The van der Waals surface area contributed by atoms with Gasteiger partial charge in [-0.05, 0) is 36.8 Å². The minimum atomic E-state index is -4.84. The molecule has 0 saturated heterocycles. The van der Waals surface area contributed by atoms with Gasteiger partial charge in [-0.2, -0.15) is 26.3 Å². The minimum absolute atomic E-state index is 0.0851. The summed E-state index contributed by atoms with van der Waals surface area (Å²) in [5.74, 6) is -0.810. The lowest BCUT2D eigenvalue weighted by atomic mass is 9.98. The number of alkyl halides is 6. The fraction of sp³-hybridized carbons (Fsp3) is 0.316. The first kappa shape index (κ1) is 24.0. The second-order valence-corrected chi connectivity index (χ2v) is 6.35. The molecule has 31 heavy (non-hydrogen) atoms. The number of urea groups is 1. The maximum absolute atomic E-state index is 13.5. The molecule has 168 valence electrons. The molecule has 0 radical (unpaired) electrons. The SMILES string of the molecule is COC(=O)C(C)NC(=O)NC(c1ccc(C(F)(F)F)cc1)c1ncccc1C(F)(F)F. The number of aromatic nitrogens is 1. The first-order valence-electron chi connectivity index (χ1n) is 8.68. The summed E-state index contributed by atoms with van der Waals surface area (Å²) in [6.07, 6.45) is -8.44. The molecule has 0 aliphatic carbocycles. The van der Waals surface area contributed by atoms with Crippen LogP contribution >= 0.6 is 0 Å². The molecule has 0 aliphatic rings. The maximum Gasteiger partial charge on any atom is 0.418 e. The zero-order valence-electron chi connectivity index (χ0n) is 16.1. The van der Waals surface area contributed by atoms with Crippen LogP contribution in [0, 0.1) is 0 Å². The van der Waals surface area contributed by atoms with Gasteiger partial charge in [-0.25, -0.2) is 9.59 Å². The largest absolute Gasteiger partial charge is 0.467 e. The second kappa shape index (κ2) is 9.23. The molecule has 2 aromatic rings. The number of rotatable bonds is 5. The molecule has 2 amide bonds. The molecule has 0 saturated carbocycles. The van der Waals surface area contributed by atoms with Crippen molar-refractivity contribution < 1.29 is 40.7 Å². The zero-order chi connectivity index (χ0) is 23.4. The normalized spacial score (nSPS) is 13.8. The van der Waals surface area contributed by atoms with Gasteiger partial charge in [0.25, 0.3) is 0 Å². The van der Waals surface area contributed by atoms with Crippen molar-refractivity contribution in [2.75, 3.05) is 7.11 Å². The van der Waals surface area contributed by atoms with E-state index in [2.05, 4.69) is 20.4 Å². The molecule has 0 aliphatic heterocycles. The number of esters is 1. The molecule has 2 rings (SSSR count). The van der Waals surface area contributed by atoms with Crippen molar-refractivity contribution in [3.63, 3.8) is 0 Å². The number of amides is 2. The van der Waals surface area contributed by atoms with E-state index in [1.165, 1.54) is 6.92 Å². The number of halogens is 6. The average Bonchev–Trinajstić information content (AvgIpc) is 2.70. The molecule has 1 aromatic carbocycles. The van der Waals surface area contributed by atoms with Gasteiger partial charge in [-0.15, -0.1) is 0 Å². The Kier molecular flexibility index (Phi) is 7.13. The van der Waals surface area contributed by atoms with Crippen LogP contribution in [0.5, 0.6) is 0 Å². The number of nitrogens with one attached hydrogen (secondary N) is 2. The summed E-state index contributed by atoms with van der Waals surface area (Å²) >= 11 is 0. The van der Waals surface area contributed by atoms with Gasteiger partial charge in [0.15, 0.2) is 0 Å². The summed E-state index contributed by atoms with van der Waals surface area (Å²) in [6, 6.07) is 1.24. The van der Waals surface area contributed by atoms with Crippen molar-refractivity contribution >= 4 is 12.0 Å². The van der Waals surface area contributed by atoms with E-state index in [-0.39, 0.29) is 5.56 Å². The first-order valence-corrected chi connectivity index (χ1v) is 8.68. The van der Waals surface area contributed by atoms with Gasteiger partial charge in [0.2, 0.25) is 0 Å². The van der Waals surface area contributed by atoms with Gasteiger partial charge in [0.1, 0.15) is 6.04 Å². The lowest BCUT2D eigenvalue weighted by molar-refractivity contribution is -0.142. The van der Waals surface area contributed by atoms with Crippen molar-refractivity contribution in [2.24, 2.45) is 0 Å². The van der Waals surface area contributed by atoms with Crippen LogP contribution in [-0.2, 0) is 21.9 Å². The number of carbonyl (C=O) groups excluding carboxylic acids is 2. The number of ether oxygens (including phenoxy) is 1. The van der Waals surface area contributed by atoms with Crippen molar-refractivity contribution in [1.82, 2.24) is 15.6 Å². The third-order valence-corrected chi connectivity index (χ3v) is 4.17. The highest BCUT2D eigenvalue weighted by Gasteiger charge is 2.37. The quantitative estimate of drug-likeness (QED) is 0.533. The van der Waals surface area contributed by atoms with E-state index in [1.54, 1.807) is 0 Å². The predicted octanol–water partition coefficient (Wildman–Crippen LogP) is 4.07. The third kappa shape index (κ3) is 6.09. The molecular weight excluding hydrogens is 432 g/mol. The van der Waals surface area contributed by atoms with E-state index < -0.39 is 53.3 Å². The lowest BCUT2D eigenvalue weighted by Gasteiger charge is -2.23. The van der Waals surface area contributed by atoms with Crippen LogP contribution in [0.2, 0.25) is 0 Å². The molecule has 2 N–H and O–H groups in total. The summed E-state index contributed by atoms with van der Waals surface area (Å²) < 4.78 is 83.4. The van der Waals surface area contributed by atoms with Crippen LogP contribution in [0.4, 0.5) is 31.1 Å². The first-order chi connectivity index (χ1) is 14.3. The maximum atomic E-state index is 13.5. The van der Waals surface area contributed by atoms with Gasteiger partial charge >= 0.3 is 24.4 Å². The lowest BCUT2D eigenvalue weighted by Crippen LogP contribution is -2.46. The molecular formula is C19H17F6N3O3. The van der Waals surface area contributed by atoms with Crippen molar-refractivity contribution in [3.05, 3.63) is 65.0 Å². The van der Waals surface area contributed by atoms with Crippen LogP contribution in [-0.4, -0.2) is 30.1 Å². The van der Waals surface area contributed by atoms with Crippen LogP contribution < -0.4 is 10.6 Å². The fourth-order valence-corrected chi connectivity index (χ4v) is 2.67. The second-order valence-electron chi connectivity index (χ2n) is 6.35. The van der Waals surface area contributed by atoms with Gasteiger partial charge < -0.3 is 15.4 Å². The Morgan fingerprint density at radius 1 is 0.968 bits per heavy atom. The third-order valence-electron chi connectivity index (χ3n) is 4.17. The Labute approximate surface area is 172 Å². The standard InChI is InChI=1S/C19H17F6N3O3/c1-10(16(29)31-2)27-17(30)28-14(11-5-7-12(8-6-11)18(20,21)22)15-13(19(23,24)25)4-3-9-26-15/h3-10,14H,1-2H3,(H2,27,28,30). The summed E-state index contributed by atoms with van der Waals surface area (Å²) in [5.41, 5.74) is -2.91. The van der Waals surface area contributed by atoms with Gasteiger partial charge in [-0.1, -0.05) is 12.1 Å². The summed E-state index contributed by atoms with van der Waals surface area (Å²) in [5, 5.41) is 4.41. The molecule has 1 aromatic heterocycles. The predicted molar refractivity (Wildman–Crippen MR) is 95.7 cm³/mol. The number of nitrogens with zero attached hydrogens (tertiary/aromatic N) is 1. The molecule has 2 unspecified atom stereocenters. The Morgan fingerprint density at radius 2 is 1.58 bits per heavy atom. The minimum Gasteiger partial charge on any atom is -0.467 e. The van der Waals surface area contributed by atoms with Crippen LogP contribution in [0.1, 0.15) is 35.3 Å². The van der Waals surface area contributed by atoms with E-state index >= 15 is 0 Å². The molecule has 12 heteroatoms. The number of hydrogen-bond acceptors (Lipinski definition) is 4. The fourth-order valence-electron chi connectivity index (χ4n) is 2.67. The van der Waals surface area contributed by atoms with E-state index in [0.717, 1.165) is 37.6 Å². The number of pyridine rings is 1. The highest BCUT2D eigenvalue weighted by Crippen LogP contribution is 2.36. The van der Waals surface area contributed by atoms with E-state index in [1.807, 2.05) is 0 Å². The Balaban J connectivity index is 2.47. The van der Waals surface area contributed by atoms with Crippen molar-refractivity contribution in [1.29, 1.82) is 0 Å². The van der Waals surface area contributed by atoms with Crippen molar-refractivity contribution in [3.8, 4) is 0 Å². The Morgan fingerprint density at radius 3 is 2.10 bits per heavy atom. The van der Waals surface area contributed by atoms with Crippen LogP contribution in [0.3, 0.4) is 0 Å². The smallest absolute Gasteiger partial charge is 0.418 e. The van der Waals surface area contributed by atoms with Gasteiger partial charge in [0, 0.05) is 6.20 Å².